The highest BCUT2D eigenvalue weighted by molar-refractivity contribution is 5.99. The Morgan fingerprint density at radius 1 is 1.10 bits per heavy atom. The van der Waals surface area contributed by atoms with E-state index in [0.717, 1.165) is 24.0 Å². The molecule has 3 saturated heterocycles. The first kappa shape index (κ1) is 28.3. The van der Waals surface area contributed by atoms with Crippen LogP contribution in [0.3, 0.4) is 0 Å². The molecule has 2 aromatic carbocycles. The summed E-state index contributed by atoms with van der Waals surface area (Å²) < 4.78 is 6.81. The Kier molecular flexibility index (Phi) is 7.77. The van der Waals surface area contributed by atoms with Crippen molar-refractivity contribution in [3.63, 3.8) is 0 Å². The van der Waals surface area contributed by atoms with E-state index >= 15 is 0 Å². The van der Waals surface area contributed by atoms with Gasteiger partial charge >= 0.3 is 0 Å². The highest BCUT2D eigenvalue weighted by Crippen LogP contribution is 2.66. The molecule has 3 amide bonds. The van der Waals surface area contributed by atoms with E-state index in [0.29, 0.717) is 13.0 Å². The summed E-state index contributed by atoms with van der Waals surface area (Å²) in [5, 5.41) is 16.8. The van der Waals surface area contributed by atoms with Gasteiger partial charge in [0.25, 0.3) is 0 Å². The summed E-state index contributed by atoms with van der Waals surface area (Å²) in [6.07, 6.45) is 2.18. The van der Waals surface area contributed by atoms with E-state index < -0.39 is 35.1 Å². The second kappa shape index (κ2) is 11.0. The Morgan fingerprint density at radius 3 is 2.38 bits per heavy atom. The topological polar surface area (TPSA) is 108 Å². The first-order valence-electron chi connectivity index (χ1n) is 14.5. The van der Waals surface area contributed by atoms with Gasteiger partial charge in [0.05, 0.1) is 30.1 Å². The highest BCUT2D eigenvalue weighted by atomic mass is 16.5. The number of rotatable bonds is 10. The van der Waals surface area contributed by atoms with Gasteiger partial charge in [0.2, 0.25) is 17.7 Å². The number of aliphatic hydroxyl groups is 1. The summed E-state index contributed by atoms with van der Waals surface area (Å²) in [6, 6.07) is 17.1. The molecule has 3 fully saturated rings. The lowest BCUT2D eigenvalue weighted by Gasteiger charge is -2.37. The number of benzene rings is 2. The molecule has 4 unspecified atom stereocenters. The maximum absolute atomic E-state index is 14.5. The van der Waals surface area contributed by atoms with Crippen molar-refractivity contribution >= 4 is 17.7 Å². The first-order valence-corrected chi connectivity index (χ1v) is 14.5. The van der Waals surface area contributed by atoms with Crippen LogP contribution in [0.1, 0.15) is 64.1 Å². The molecular weight excluding hydrogens is 506 g/mol. The molecule has 0 aromatic heterocycles. The molecule has 40 heavy (non-hydrogen) atoms. The molecule has 8 heteroatoms. The maximum atomic E-state index is 14.5. The molecule has 3 aliphatic heterocycles. The monoisotopic (exact) mass is 547 g/mol. The fraction of sp³-hybridized carbons (Fsp3) is 0.531. The molecule has 1 spiro atoms. The third-order valence-corrected chi connectivity index (χ3v) is 9.40. The van der Waals surface area contributed by atoms with Crippen molar-refractivity contribution in [3.8, 4) is 0 Å². The van der Waals surface area contributed by atoms with E-state index in [1.54, 1.807) is 0 Å². The number of carbonyl (C=O) groups excluding carboxylic acids is 3. The summed E-state index contributed by atoms with van der Waals surface area (Å²) >= 11 is 0. The molecule has 5 rings (SSSR count). The molecule has 214 valence electrons. The van der Waals surface area contributed by atoms with Crippen LogP contribution in [0.2, 0.25) is 0 Å². The van der Waals surface area contributed by atoms with Crippen LogP contribution in [0.4, 0.5) is 0 Å². The van der Waals surface area contributed by atoms with E-state index in [1.165, 1.54) is 4.90 Å². The standard InChI is InChI=1S/C32H41N3O5/c1-5-12-21(3)34-29(38)27-32-17-20(2)31(4,40-32)25(28(37)33-18-22-13-8-6-9-14-22)26(32)30(39)35(27)24(19-36)23-15-10-7-11-16-23/h6-11,13-16,20-21,24-27,36H,5,12,17-19H2,1-4H3,(H,33,37)(H,34,38)/t20?,21?,24-,25+,26+,27?,31-,32?/m1/s1. The van der Waals surface area contributed by atoms with E-state index in [4.69, 9.17) is 4.74 Å². The third-order valence-electron chi connectivity index (χ3n) is 9.40. The minimum atomic E-state index is -1.17. The largest absolute Gasteiger partial charge is 0.394 e. The zero-order valence-electron chi connectivity index (χ0n) is 23.8. The van der Waals surface area contributed by atoms with Crippen LogP contribution in [0.5, 0.6) is 0 Å². The predicted molar refractivity (Wildman–Crippen MR) is 151 cm³/mol. The molecule has 0 saturated carbocycles. The molecule has 8 nitrogen and oxygen atoms in total. The normalized spacial score (nSPS) is 32.0. The van der Waals surface area contributed by atoms with Crippen LogP contribution in [-0.2, 0) is 25.7 Å². The van der Waals surface area contributed by atoms with E-state index in [2.05, 4.69) is 17.6 Å². The Balaban J connectivity index is 1.55. The third kappa shape index (κ3) is 4.51. The smallest absolute Gasteiger partial charge is 0.246 e. The lowest BCUT2D eigenvalue weighted by molar-refractivity contribution is -0.151. The van der Waals surface area contributed by atoms with Crippen LogP contribution < -0.4 is 10.6 Å². The van der Waals surface area contributed by atoms with Crippen molar-refractivity contribution in [2.45, 2.75) is 82.8 Å². The molecule has 8 atom stereocenters. The highest BCUT2D eigenvalue weighted by Gasteiger charge is 2.80. The van der Waals surface area contributed by atoms with Gasteiger partial charge in [0, 0.05) is 12.6 Å². The summed E-state index contributed by atoms with van der Waals surface area (Å²) in [5.41, 5.74) is -0.382. The molecular formula is C32H41N3O5. The van der Waals surface area contributed by atoms with Gasteiger partial charge in [-0.3, -0.25) is 14.4 Å². The number of aliphatic hydroxyl groups excluding tert-OH is 1. The van der Waals surface area contributed by atoms with Crippen molar-refractivity contribution < 1.29 is 24.2 Å². The van der Waals surface area contributed by atoms with Crippen LogP contribution in [0, 0.1) is 17.8 Å². The number of hydrogen-bond acceptors (Lipinski definition) is 5. The SMILES string of the molecule is CCCC(C)NC(=O)C1N([C@H](CO)c2ccccc2)C(=O)[C@@H]2[C@@H](C(=O)NCc3ccccc3)[C@]3(C)OC12CC3C. The fourth-order valence-corrected chi connectivity index (χ4v) is 7.46. The van der Waals surface area contributed by atoms with Crippen LogP contribution in [0.25, 0.3) is 0 Å². The second-order valence-electron chi connectivity index (χ2n) is 12.0. The Labute approximate surface area is 236 Å². The number of amides is 3. The molecule has 2 aromatic rings. The summed E-state index contributed by atoms with van der Waals surface area (Å²) in [6.45, 7) is 7.93. The molecule has 3 heterocycles. The number of hydrogen-bond donors (Lipinski definition) is 3. The zero-order valence-corrected chi connectivity index (χ0v) is 23.8. The van der Waals surface area contributed by atoms with Crippen molar-refractivity contribution in [3.05, 3.63) is 71.8 Å². The Morgan fingerprint density at radius 2 is 1.75 bits per heavy atom. The average Bonchev–Trinajstić information content (AvgIpc) is 3.46. The van der Waals surface area contributed by atoms with Gasteiger partial charge in [-0.2, -0.15) is 0 Å². The minimum absolute atomic E-state index is 0.0587. The summed E-state index contributed by atoms with van der Waals surface area (Å²) in [5.74, 6) is -2.53. The van der Waals surface area contributed by atoms with Gasteiger partial charge in [0.15, 0.2) is 0 Å². The van der Waals surface area contributed by atoms with E-state index in [-0.39, 0.29) is 36.3 Å². The number of nitrogens with zero attached hydrogens (tertiary/aromatic N) is 1. The number of nitrogens with one attached hydrogen (secondary N) is 2. The van der Waals surface area contributed by atoms with Gasteiger partial charge in [-0.05, 0) is 43.7 Å². The van der Waals surface area contributed by atoms with Crippen molar-refractivity contribution in [1.29, 1.82) is 0 Å². The summed E-state index contributed by atoms with van der Waals surface area (Å²) in [4.78, 5) is 44.0. The molecule has 3 aliphatic rings. The van der Waals surface area contributed by atoms with Crippen LogP contribution in [-0.4, -0.2) is 57.6 Å². The minimum Gasteiger partial charge on any atom is -0.394 e. The summed E-state index contributed by atoms with van der Waals surface area (Å²) in [7, 11) is 0. The predicted octanol–water partition coefficient (Wildman–Crippen LogP) is 3.35. The van der Waals surface area contributed by atoms with Gasteiger partial charge < -0.3 is 25.4 Å². The number of carbonyl (C=O) groups is 3. The van der Waals surface area contributed by atoms with Gasteiger partial charge in [-0.15, -0.1) is 0 Å². The number of fused-ring (bicyclic) bond motifs is 1. The van der Waals surface area contributed by atoms with Crippen LogP contribution >= 0.6 is 0 Å². The average molecular weight is 548 g/mol. The molecule has 0 aliphatic carbocycles. The van der Waals surface area contributed by atoms with Crippen LogP contribution in [0.15, 0.2) is 60.7 Å². The van der Waals surface area contributed by atoms with E-state index in [9.17, 15) is 19.5 Å². The number of likely N-dealkylation sites (tertiary alicyclic amines) is 1. The van der Waals surface area contributed by atoms with Gasteiger partial charge in [-0.1, -0.05) is 80.9 Å². The fourth-order valence-electron chi connectivity index (χ4n) is 7.46. The van der Waals surface area contributed by atoms with E-state index in [1.807, 2.05) is 81.4 Å². The van der Waals surface area contributed by atoms with Crippen molar-refractivity contribution in [1.82, 2.24) is 15.5 Å². The Bertz CT molecular complexity index is 1240. The van der Waals surface area contributed by atoms with Gasteiger partial charge in [0.1, 0.15) is 11.6 Å². The van der Waals surface area contributed by atoms with Gasteiger partial charge in [-0.25, -0.2) is 0 Å². The first-order chi connectivity index (χ1) is 19.2. The quantitative estimate of drug-likeness (QED) is 0.423. The second-order valence-corrected chi connectivity index (χ2v) is 12.0. The molecule has 0 radical (unpaired) electrons. The lowest BCUT2D eigenvalue weighted by atomic mass is 9.62. The van der Waals surface area contributed by atoms with Crippen molar-refractivity contribution in [2.24, 2.45) is 17.8 Å². The molecule has 2 bridgehead atoms. The maximum Gasteiger partial charge on any atom is 0.246 e. The Hall–Kier alpha value is -3.23. The lowest BCUT2D eigenvalue weighted by Crippen LogP contribution is -2.57. The molecule has 3 N–H and O–H groups in total. The number of ether oxygens (including phenoxy) is 1. The zero-order chi connectivity index (χ0) is 28.7. The van der Waals surface area contributed by atoms with Crippen molar-refractivity contribution in [2.75, 3.05) is 6.61 Å².